The van der Waals surface area contributed by atoms with Gasteiger partial charge in [-0.25, -0.2) is 0 Å². The third kappa shape index (κ3) is 3.22. The maximum atomic E-state index is 5.56. The Balaban J connectivity index is 1.55. The summed E-state index contributed by atoms with van der Waals surface area (Å²) < 4.78 is 10.5. The number of nitrogens with zero attached hydrogens (tertiary/aromatic N) is 1. The van der Waals surface area contributed by atoms with Gasteiger partial charge in [0.2, 0.25) is 0 Å². The maximum Gasteiger partial charge on any atom is 0.146 e. The van der Waals surface area contributed by atoms with Gasteiger partial charge in [-0.15, -0.1) is 0 Å². The van der Waals surface area contributed by atoms with E-state index in [1.165, 1.54) is 31.2 Å². The Morgan fingerprint density at radius 2 is 1.80 bits per heavy atom. The minimum absolute atomic E-state index is 0.430. The van der Waals surface area contributed by atoms with Gasteiger partial charge in [0.1, 0.15) is 6.79 Å². The smallest absolute Gasteiger partial charge is 0.146 e. The van der Waals surface area contributed by atoms with E-state index in [1.807, 2.05) is 0 Å². The van der Waals surface area contributed by atoms with E-state index in [9.17, 15) is 0 Å². The van der Waals surface area contributed by atoms with Crippen molar-refractivity contribution in [2.45, 2.75) is 44.3 Å². The molecule has 3 rings (SSSR count). The van der Waals surface area contributed by atoms with Crippen LogP contribution in [0.5, 0.6) is 0 Å². The molecule has 0 spiro atoms. The average molecular weight is 275 g/mol. The van der Waals surface area contributed by atoms with Crippen molar-refractivity contribution < 1.29 is 9.47 Å². The van der Waals surface area contributed by atoms with Crippen LogP contribution in [0.25, 0.3) is 0 Å². The number of hydrogen-bond donors (Lipinski definition) is 0. The first kappa shape index (κ1) is 14.1. The lowest BCUT2D eigenvalue weighted by Crippen LogP contribution is -2.43. The fraction of sp³-hybridized carbons (Fsp3) is 0.647. The van der Waals surface area contributed by atoms with Gasteiger partial charge in [0.15, 0.2) is 0 Å². The summed E-state index contributed by atoms with van der Waals surface area (Å²) in [5.41, 5.74) is 1.44. The molecule has 2 fully saturated rings. The van der Waals surface area contributed by atoms with Crippen molar-refractivity contribution >= 4 is 0 Å². The van der Waals surface area contributed by atoms with Crippen LogP contribution in [0.4, 0.5) is 0 Å². The van der Waals surface area contributed by atoms with Gasteiger partial charge >= 0.3 is 0 Å². The van der Waals surface area contributed by atoms with Crippen molar-refractivity contribution in [2.24, 2.45) is 5.92 Å². The van der Waals surface area contributed by atoms with E-state index < -0.39 is 0 Å². The van der Waals surface area contributed by atoms with E-state index in [0.717, 1.165) is 31.2 Å². The van der Waals surface area contributed by atoms with E-state index in [1.54, 1.807) is 7.11 Å². The lowest BCUT2D eigenvalue weighted by atomic mass is 9.91. The number of fused-ring (bicyclic) bond motifs is 2. The van der Waals surface area contributed by atoms with E-state index in [-0.39, 0.29) is 0 Å². The Kier molecular flexibility index (Phi) is 4.71. The van der Waals surface area contributed by atoms with Crippen molar-refractivity contribution in [1.29, 1.82) is 0 Å². The van der Waals surface area contributed by atoms with Crippen LogP contribution in [0.2, 0.25) is 0 Å². The number of piperidine rings is 1. The van der Waals surface area contributed by atoms with Crippen LogP contribution in [0.15, 0.2) is 30.3 Å². The average Bonchev–Trinajstić information content (AvgIpc) is 2.72. The van der Waals surface area contributed by atoms with Crippen molar-refractivity contribution in [3.8, 4) is 0 Å². The molecule has 110 valence electrons. The van der Waals surface area contributed by atoms with E-state index in [0.29, 0.717) is 6.79 Å². The molecule has 0 radical (unpaired) electrons. The van der Waals surface area contributed by atoms with Crippen LogP contribution in [0.1, 0.15) is 31.2 Å². The highest BCUT2D eigenvalue weighted by molar-refractivity contribution is 5.15. The first-order valence-electron chi connectivity index (χ1n) is 7.73. The summed E-state index contributed by atoms with van der Waals surface area (Å²) in [7, 11) is 1.69. The lowest BCUT2D eigenvalue weighted by molar-refractivity contribution is -0.0559. The Morgan fingerprint density at radius 1 is 1.10 bits per heavy atom. The normalized spacial score (nSPS) is 29.8. The number of ether oxygens (including phenoxy) is 2. The molecule has 1 aromatic carbocycles. The van der Waals surface area contributed by atoms with Crippen LogP contribution in [-0.2, 0) is 16.0 Å². The molecule has 0 saturated carbocycles. The molecular formula is C17H25NO2. The molecule has 0 N–H and O–H groups in total. The van der Waals surface area contributed by atoms with Crippen LogP contribution in [0.3, 0.4) is 0 Å². The topological polar surface area (TPSA) is 21.7 Å². The SMILES string of the molecule is COCOCC1C[C@H]2CC[C@@H](C1)N2Cc1ccccc1. The van der Waals surface area contributed by atoms with Crippen LogP contribution in [-0.4, -0.2) is 37.5 Å². The Bertz CT molecular complexity index is 395. The van der Waals surface area contributed by atoms with Crippen molar-refractivity contribution in [3.05, 3.63) is 35.9 Å². The molecule has 0 aromatic heterocycles. The van der Waals surface area contributed by atoms with Crippen LogP contribution in [0, 0.1) is 5.92 Å². The van der Waals surface area contributed by atoms with Gasteiger partial charge in [-0.05, 0) is 37.2 Å². The summed E-state index contributed by atoms with van der Waals surface area (Å²) in [6, 6.07) is 12.4. The number of rotatable bonds is 6. The summed E-state index contributed by atoms with van der Waals surface area (Å²) in [5.74, 6) is 0.717. The molecule has 0 amide bonds. The molecule has 2 aliphatic rings. The Hall–Kier alpha value is -0.900. The molecule has 2 saturated heterocycles. The van der Waals surface area contributed by atoms with E-state index in [4.69, 9.17) is 9.47 Å². The van der Waals surface area contributed by atoms with E-state index in [2.05, 4.69) is 35.2 Å². The van der Waals surface area contributed by atoms with Gasteiger partial charge in [-0.2, -0.15) is 0 Å². The van der Waals surface area contributed by atoms with Gasteiger partial charge in [0.25, 0.3) is 0 Å². The highest BCUT2D eigenvalue weighted by Crippen LogP contribution is 2.39. The van der Waals surface area contributed by atoms with Crippen molar-refractivity contribution in [2.75, 3.05) is 20.5 Å². The quantitative estimate of drug-likeness (QED) is 0.588. The first-order chi connectivity index (χ1) is 9.86. The third-order valence-corrected chi connectivity index (χ3v) is 4.74. The molecule has 2 aliphatic heterocycles. The minimum atomic E-state index is 0.430. The standard InChI is InChI=1S/C17H25NO2/c1-19-13-20-12-15-9-16-7-8-17(10-15)18(16)11-14-5-3-2-4-6-14/h2-6,15-17H,7-13H2,1H3/t15?,16-,17+. The third-order valence-electron chi connectivity index (χ3n) is 4.74. The second-order valence-corrected chi connectivity index (χ2v) is 6.16. The zero-order valence-electron chi connectivity index (χ0n) is 12.3. The minimum Gasteiger partial charge on any atom is -0.359 e. The van der Waals surface area contributed by atoms with Gasteiger partial charge in [0.05, 0.1) is 6.61 Å². The number of methoxy groups -OCH3 is 1. The molecule has 1 aromatic rings. The van der Waals surface area contributed by atoms with E-state index >= 15 is 0 Å². The second-order valence-electron chi connectivity index (χ2n) is 6.16. The van der Waals surface area contributed by atoms with Gasteiger partial charge in [0, 0.05) is 25.7 Å². The molecule has 0 aliphatic carbocycles. The fourth-order valence-electron chi connectivity index (χ4n) is 3.87. The van der Waals surface area contributed by atoms with Crippen molar-refractivity contribution in [3.63, 3.8) is 0 Å². The highest BCUT2D eigenvalue weighted by atomic mass is 16.7. The van der Waals surface area contributed by atoms with Crippen LogP contribution < -0.4 is 0 Å². The molecule has 1 unspecified atom stereocenters. The highest BCUT2D eigenvalue weighted by Gasteiger charge is 2.40. The first-order valence-corrected chi connectivity index (χ1v) is 7.73. The maximum absolute atomic E-state index is 5.56. The van der Waals surface area contributed by atoms with Gasteiger partial charge in [-0.1, -0.05) is 30.3 Å². The fourth-order valence-corrected chi connectivity index (χ4v) is 3.87. The molecule has 3 atom stereocenters. The van der Waals surface area contributed by atoms with Crippen molar-refractivity contribution in [1.82, 2.24) is 4.90 Å². The lowest BCUT2D eigenvalue weighted by Gasteiger charge is -2.39. The number of hydrogen-bond acceptors (Lipinski definition) is 3. The molecule has 20 heavy (non-hydrogen) atoms. The predicted molar refractivity (Wildman–Crippen MR) is 79.3 cm³/mol. The molecule has 3 heteroatoms. The summed E-state index contributed by atoms with van der Waals surface area (Å²) in [6.07, 6.45) is 5.29. The summed E-state index contributed by atoms with van der Waals surface area (Å²) in [4.78, 5) is 2.72. The van der Waals surface area contributed by atoms with Crippen LogP contribution >= 0.6 is 0 Å². The summed E-state index contributed by atoms with van der Waals surface area (Å²) in [6.45, 7) is 2.40. The molecule has 2 bridgehead atoms. The zero-order valence-corrected chi connectivity index (χ0v) is 12.3. The molecular weight excluding hydrogens is 250 g/mol. The Labute approximate surface area is 121 Å². The molecule has 2 heterocycles. The Morgan fingerprint density at radius 3 is 2.45 bits per heavy atom. The van der Waals surface area contributed by atoms with Gasteiger partial charge in [-0.3, -0.25) is 4.90 Å². The zero-order chi connectivity index (χ0) is 13.8. The molecule has 3 nitrogen and oxygen atoms in total. The second kappa shape index (κ2) is 6.70. The predicted octanol–water partition coefficient (Wildman–Crippen LogP) is 3.05. The summed E-state index contributed by atoms with van der Waals surface area (Å²) >= 11 is 0. The largest absolute Gasteiger partial charge is 0.359 e. The number of benzene rings is 1. The monoisotopic (exact) mass is 275 g/mol. The summed E-state index contributed by atoms with van der Waals surface area (Å²) in [5, 5.41) is 0. The van der Waals surface area contributed by atoms with Gasteiger partial charge < -0.3 is 9.47 Å².